The third kappa shape index (κ3) is 3.55. The Hall–Kier alpha value is -3.09. The number of methoxy groups -OCH3 is 2. The number of anilines is 1. The van der Waals surface area contributed by atoms with Crippen LogP contribution in [0.2, 0.25) is 0 Å². The molecule has 0 unspecified atom stereocenters. The van der Waals surface area contributed by atoms with E-state index >= 15 is 0 Å². The lowest BCUT2D eigenvalue weighted by atomic mass is 10.2. The third-order valence-corrected chi connectivity index (χ3v) is 4.06. The number of amides is 2. The van der Waals surface area contributed by atoms with Crippen LogP contribution < -0.4 is 14.4 Å². The highest BCUT2D eigenvalue weighted by Gasteiger charge is 2.29. The summed E-state index contributed by atoms with van der Waals surface area (Å²) < 4.78 is 10.2. The Morgan fingerprint density at radius 3 is 2.68 bits per heavy atom. The first-order valence-corrected chi connectivity index (χ1v) is 7.86. The monoisotopic (exact) mass is 341 g/mol. The molecule has 25 heavy (non-hydrogen) atoms. The molecule has 3 rings (SSSR count). The summed E-state index contributed by atoms with van der Waals surface area (Å²) in [6.45, 7) is 0.910. The molecule has 2 heterocycles. The van der Waals surface area contributed by atoms with Crippen LogP contribution >= 0.6 is 0 Å². The van der Waals surface area contributed by atoms with E-state index in [1.165, 1.54) is 18.2 Å². The van der Waals surface area contributed by atoms with Crippen molar-refractivity contribution >= 4 is 17.5 Å². The lowest BCUT2D eigenvalue weighted by Gasteiger charge is -2.34. The zero-order valence-electron chi connectivity index (χ0n) is 14.1. The Kier molecular flexibility index (Phi) is 4.83. The van der Waals surface area contributed by atoms with Gasteiger partial charge >= 0.3 is 0 Å². The molecule has 1 fully saturated rings. The van der Waals surface area contributed by atoms with Crippen LogP contribution in [0, 0.1) is 0 Å². The van der Waals surface area contributed by atoms with E-state index in [0.29, 0.717) is 30.3 Å². The van der Waals surface area contributed by atoms with Gasteiger partial charge in [0.1, 0.15) is 12.3 Å². The molecule has 0 spiro atoms. The van der Waals surface area contributed by atoms with Crippen molar-refractivity contribution in [1.82, 2.24) is 9.88 Å². The van der Waals surface area contributed by atoms with Crippen molar-refractivity contribution in [2.24, 2.45) is 0 Å². The van der Waals surface area contributed by atoms with Crippen LogP contribution in [0.1, 0.15) is 10.4 Å². The molecule has 2 amide bonds. The molecule has 1 saturated heterocycles. The molecule has 0 atom stereocenters. The van der Waals surface area contributed by atoms with Gasteiger partial charge in [0.15, 0.2) is 0 Å². The second kappa shape index (κ2) is 7.21. The van der Waals surface area contributed by atoms with Crippen LogP contribution in [-0.2, 0) is 4.79 Å². The van der Waals surface area contributed by atoms with Gasteiger partial charge in [0.25, 0.3) is 5.91 Å². The van der Waals surface area contributed by atoms with Crippen molar-refractivity contribution in [3.8, 4) is 11.6 Å². The van der Waals surface area contributed by atoms with E-state index in [1.54, 1.807) is 24.1 Å². The lowest BCUT2D eigenvalue weighted by Crippen LogP contribution is -2.52. The number of rotatable bonds is 4. The van der Waals surface area contributed by atoms with Crippen molar-refractivity contribution in [3.05, 3.63) is 48.2 Å². The molecule has 0 N–H and O–H groups in total. The van der Waals surface area contributed by atoms with Gasteiger partial charge in [-0.25, -0.2) is 4.98 Å². The Morgan fingerprint density at radius 1 is 1.12 bits per heavy atom. The highest BCUT2D eigenvalue weighted by atomic mass is 16.5. The Bertz CT molecular complexity index is 793. The van der Waals surface area contributed by atoms with Gasteiger partial charge in [-0.2, -0.15) is 0 Å². The van der Waals surface area contributed by atoms with Crippen LogP contribution in [0.5, 0.6) is 11.6 Å². The molecule has 7 nitrogen and oxygen atoms in total. The quantitative estimate of drug-likeness (QED) is 0.844. The summed E-state index contributed by atoms with van der Waals surface area (Å²) in [7, 11) is 3.08. The summed E-state index contributed by atoms with van der Waals surface area (Å²) in [5, 5.41) is 0. The molecule has 0 aliphatic carbocycles. The van der Waals surface area contributed by atoms with E-state index in [1.807, 2.05) is 24.3 Å². The van der Waals surface area contributed by atoms with Gasteiger partial charge in [-0.15, -0.1) is 0 Å². The molecule has 1 aliphatic rings. The molecule has 1 aromatic carbocycles. The van der Waals surface area contributed by atoms with Crippen molar-refractivity contribution < 1.29 is 19.1 Å². The van der Waals surface area contributed by atoms with E-state index < -0.39 is 0 Å². The van der Waals surface area contributed by atoms with Gasteiger partial charge in [0, 0.05) is 42.7 Å². The standard InChI is InChI=1S/C18H19N3O4/c1-24-15-5-3-4-14(11-15)21-9-8-20(12-17(21)22)18(23)13-6-7-19-16(10-13)25-2/h3-7,10-11H,8-9,12H2,1-2H3. The van der Waals surface area contributed by atoms with Crippen LogP contribution in [0.3, 0.4) is 0 Å². The molecule has 2 aromatic rings. The number of aromatic nitrogens is 1. The minimum atomic E-state index is -0.209. The normalized spacial score (nSPS) is 14.4. The first-order chi connectivity index (χ1) is 12.1. The average molecular weight is 341 g/mol. The van der Waals surface area contributed by atoms with Crippen molar-refractivity contribution in [1.29, 1.82) is 0 Å². The van der Waals surface area contributed by atoms with Gasteiger partial charge in [0.2, 0.25) is 11.8 Å². The molecule has 7 heteroatoms. The SMILES string of the molecule is COc1cccc(N2CCN(C(=O)c3ccnc(OC)c3)CC2=O)c1. The van der Waals surface area contributed by atoms with Crippen LogP contribution in [0.15, 0.2) is 42.6 Å². The topological polar surface area (TPSA) is 72.0 Å². The second-order valence-electron chi connectivity index (χ2n) is 5.56. The van der Waals surface area contributed by atoms with Crippen molar-refractivity contribution in [2.75, 3.05) is 38.8 Å². The van der Waals surface area contributed by atoms with Crippen LogP contribution in [-0.4, -0.2) is 55.6 Å². The van der Waals surface area contributed by atoms with Gasteiger partial charge in [0.05, 0.1) is 14.2 Å². The fourth-order valence-corrected chi connectivity index (χ4v) is 2.73. The predicted molar refractivity (Wildman–Crippen MR) is 92.0 cm³/mol. The van der Waals surface area contributed by atoms with Gasteiger partial charge in [-0.1, -0.05) is 6.07 Å². The molecular weight excluding hydrogens is 322 g/mol. The maximum absolute atomic E-state index is 12.6. The highest BCUT2D eigenvalue weighted by molar-refractivity contribution is 6.01. The number of carbonyl (C=O) groups excluding carboxylic acids is 2. The second-order valence-corrected chi connectivity index (χ2v) is 5.56. The van der Waals surface area contributed by atoms with E-state index in [-0.39, 0.29) is 18.4 Å². The smallest absolute Gasteiger partial charge is 0.254 e. The maximum atomic E-state index is 12.6. The molecule has 0 radical (unpaired) electrons. The van der Waals surface area contributed by atoms with E-state index in [2.05, 4.69) is 4.98 Å². The first kappa shape index (κ1) is 16.8. The number of ether oxygens (including phenoxy) is 2. The lowest BCUT2D eigenvalue weighted by molar-refractivity contribution is -0.120. The number of hydrogen-bond acceptors (Lipinski definition) is 5. The maximum Gasteiger partial charge on any atom is 0.254 e. The summed E-state index contributed by atoms with van der Waals surface area (Å²) in [5.41, 5.74) is 1.22. The summed E-state index contributed by atoms with van der Waals surface area (Å²) in [5.74, 6) is 0.716. The molecule has 0 saturated carbocycles. The zero-order chi connectivity index (χ0) is 17.8. The number of hydrogen-bond donors (Lipinski definition) is 0. The van der Waals surface area contributed by atoms with Crippen LogP contribution in [0.25, 0.3) is 0 Å². The summed E-state index contributed by atoms with van der Waals surface area (Å²) >= 11 is 0. The van der Waals surface area contributed by atoms with Crippen LogP contribution in [0.4, 0.5) is 5.69 Å². The van der Waals surface area contributed by atoms with E-state index in [0.717, 1.165) is 5.69 Å². The highest BCUT2D eigenvalue weighted by Crippen LogP contribution is 2.23. The third-order valence-electron chi connectivity index (χ3n) is 4.06. The predicted octanol–water partition coefficient (Wildman–Crippen LogP) is 1.59. The van der Waals surface area contributed by atoms with Gasteiger partial charge in [-0.05, 0) is 18.2 Å². The number of benzene rings is 1. The van der Waals surface area contributed by atoms with Crippen molar-refractivity contribution in [2.45, 2.75) is 0 Å². The molecule has 1 aromatic heterocycles. The van der Waals surface area contributed by atoms with Gasteiger partial charge < -0.3 is 19.3 Å². The molecule has 1 aliphatic heterocycles. The zero-order valence-corrected chi connectivity index (χ0v) is 14.1. The Morgan fingerprint density at radius 2 is 1.96 bits per heavy atom. The Labute approximate surface area is 145 Å². The molecular formula is C18H19N3O4. The molecule has 130 valence electrons. The minimum absolute atomic E-state index is 0.0285. The summed E-state index contributed by atoms with van der Waals surface area (Å²) in [6.07, 6.45) is 1.51. The number of piperazine rings is 1. The fourth-order valence-electron chi connectivity index (χ4n) is 2.73. The summed E-state index contributed by atoms with van der Waals surface area (Å²) in [6, 6.07) is 10.5. The fraction of sp³-hybridized carbons (Fsp3) is 0.278. The average Bonchev–Trinajstić information content (AvgIpc) is 2.67. The number of pyridine rings is 1. The number of nitrogens with zero attached hydrogens (tertiary/aromatic N) is 3. The summed E-state index contributed by atoms with van der Waals surface area (Å²) in [4.78, 5) is 32.3. The first-order valence-electron chi connectivity index (χ1n) is 7.86. The largest absolute Gasteiger partial charge is 0.497 e. The molecule has 0 bridgehead atoms. The Balaban J connectivity index is 1.72. The van der Waals surface area contributed by atoms with Crippen molar-refractivity contribution in [3.63, 3.8) is 0 Å². The van der Waals surface area contributed by atoms with E-state index in [9.17, 15) is 9.59 Å². The van der Waals surface area contributed by atoms with E-state index in [4.69, 9.17) is 9.47 Å². The minimum Gasteiger partial charge on any atom is -0.497 e. The van der Waals surface area contributed by atoms with Gasteiger partial charge in [-0.3, -0.25) is 9.59 Å². The number of carbonyl (C=O) groups is 2.